The lowest BCUT2D eigenvalue weighted by molar-refractivity contribution is 0.0771. The smallest absolute Gasteiger partial charge is 0.253 e. The van der Waals surface area contributed by atoms with Crippen molar-refractivity contribution < 1.29 is 19.4 Å². The van der Waals surface area contributed by atoms with Crippen LogP contribution < -0.4 is 15.2 Å². The molecule has 0 fully saturated rings. The van der Waals surface area contributed by atoms with E-state index in [1.54, 1.807) is 37.3 Å². The molecule has 0 radical (unpaired) electrons. The molecule has 3 aromatic carbocycles. The fraction of sp³-hybridized carbons (Fsp3) is 0.312. The summed E-state index contributed by atoms with van der Waals surface area (Å²) in [6, 6.07) is 19.9. The SMILES string of the molecule is COc1ccc2c(c1)C(c1ccc(Cl)cc1)=NC(CC(O)NCCN(C)C(=O)c1cccc([Si](C)(C)O)c1)c1nnc(C)n1-2. The number of benzene rings is 3. The second-order valence-corrected chi connectivity index (χ2v) is 15.5. The molecule has 1 aliphatic rings. The highest BCUT2D eigenvalue weighted by Gasteiger charge is 2.30. The minimum atomic E-state index is -2.54. The van der Waals surface area contributed by atoms with Crippen LogP contribution in [0.4, 0.5) is 0 Å². The van der Waals surface area contributed by atoms with Gasteiger partial charge < -0.3 is 19.5 Å². The highest BCUT2D eigenvalue weighted by molar-refractivity contribution is 6.83. The van der Waals surface area contributed by atoms with E-state index in [0.717, 1.165) is 27.7 Å². The molecule has 2 unspecified atom stereocenters. The molecule has 0 bridgehead atoms. The molecule has 10 nitrogen and oxygen atoms in total. The third-order valence-electron chi connectivity index (χ3n) is 7.69. The fourth-order valence-corrected chi connectivity index (χ4v) is 6.39. The molecule has 44 heavy (non-hydrogen) atoms. The molecule has 0 saturated carbocycles. The summed E-state index contributed by atoms with van der Waals surface area (Å²) in [5.74, 6) is 1.84. The highest BCUT2D eigenvalue weighted by atomic mass is 35.5. The standard InChI is InChI=1S/C32H37ClN6O4Si/c1-20-36-37-31-27(19-29(40)34-15-16-38(2)32(41)22-7-6-8-25(17-22)44(4,5)42)35-30(21-9-11-23(33)12-10-21)26-18-24(43-3)13-14-28(26)39(20)31/h6-14,17-18,27,29,34,40,42H,15-16,19H2,1-5H3. The molecule has 0 spiro atoms. The van der Waals surface area contributed by atoms with Crippen molar-refractivity contribution in [2.45, 2.75) is 38.7 Å². The summed E-state index contributed by atoms with van der Waals surface area (Å²) in [6.07, 6.45) is -0.722. The predicted molar refractivity (Wildman–Crippen MR) is 174 cm³/mol. The first-order valence-corrected chi connectivity index (χ1v) is 17.7. The number of aliphatic hydroxyl groups excluding tert-OH is 1. The van der Waals surface area contributed by atoms with Crippen LogP contribution in [0.2, 0.25) is 18.1 Å². The molecule has 2 heterocycles. The lowest BCUT2D eigenvalue weighted by atomic mass is 10.00. The number of nitrogens with zero attached hydrogens (tertiary/aromatic N) is 5. The van der Waals surface area contributed by atoms with E-state index < -0.39 is 20.6 Å². The number of carbonyl (C=O) groups is 1. The van der Waals surface area contributed by atoms with Crippen LogP contribution in [0.3, 0.4) is 0 Å². The summed E-state index contributed by atoms with van der Waals surface area (Å²) in [6.45, 7) is 6.25. The molecular weight excluding hydrogens is 596 g/mol. The van der Waals surface area contributed by atoms with Gasteiger partial charge in [-0.25, -0.2) is 0 Å². The number of fused-ring (bicyclic) bond motifs is 3. The van der Waals surface area contributed by atoms with E-state index in [0.29, 0.717) is 41.1 Å². The first-order chi connectivity index (χ1) is 21.0. The Hall–Kier alpha value is -3.87. The Balaban J connectivity index is 1.35. The van der Waals surface area contributed by atoms with Crippen LogP contribution in [0.25, 0.3) is 5.69 Å². The van der Waals surface area contributed by atoms with Gasteiger partial charge >= 0.3 is 0 Å². The van der Waals surface area contributed by atoms with Gasteiger partial charge in [-0.3, -0.25) is 19.7 Å². The van der Waals surface area contributed by atoms with Crippen molar-refractivity contribution >= 4 is 36.7 Å². The molecular formula is C32H37ClN6O4Si. The van der Waals surface area contributed by atoms with E-state index in [1.165, 1.54) is 0 Å². The Morgan fingerprint density at radius 1 is 1.14 bits per heavy atom. The summed E-state index contributed by atoms with van der Waals surface area (Å²) in [4.78, 5) is 30.3. The second kappa shape index (κ2) is 13.0. The summed E-state index contributed by atoms with van der Waals surface area (Å²) < 4.78 is 7.51. The Morgan fingerprint density at radius 3 is 2.59 bits per heavy atom. The number of likely N-dealkylation sites (N-methyl/N-ethyl adjacent to an activating group) is 1. The monoisotopic (exact) mass is 632 g/mol. The van der Waals surface area contributed by atoms with E-state index in [2.05, 4.69) is 15.5 Å². The number of aliphatic hydroxyl groups is 1. The number of aliphatic imine (C=N–C) groups is 1. The topological polar surface area (TPSA) is 125 Å². The summed E-state index contributed by atoms with van der Waals surface area (Å²) in [5, 5.41) is 24.5. The number of rotatable bonds is 10. The maximum Gasteiger partial charge on any atom is 0.253 e. The highest BCUT2D eigenvalue weighted by Crippen LogP contribution is 2.34. The van der Waals surface area contributed by atoms with Gasteiger partial charge in [-0.05, 0) is 67.7 Å². The predicted octanol–water partition coefficient (Wildman–Crippen LogP) is 3.60. The quantitative estimate of drug-likeness (QED) is 0.180. The number of aryl methyl sites for hydroxylation is 1. The molecule has 1 aromatic heterocycles. The number of hydrogen-bond donors (Lipinski definition) is 3. The lowest BCUT2D eigenvalue weighted by Crippen LogP contribution is -2.42. The molecule has 0 aliphatic carbocycles. The van der Waals surface area contributed by atoms with Gasteiger partial charge in [0.25, 0.3) is 5.91 Å². The van der Waals surface area contributed by atoms with E-state index >= 15 is 0 Å². The first-order valence-electron chi connectivity index (χ1n) is 14.4. The summed E-state index contributed by atoms with van der Waals surface area (Å²) in [5.41, 5.74) is 3.81. The Kier molecular flexibility index (Phi) is 9.33. The van der Waals surface area contributed by atoms with Crippen molar-refractivity contribution in [3.63, 3.8) is 0 Å². The number of carbonyl (C=O) groups excluding carboxylic acids is 1. The maximum absolute atomic E-state index is 13.1. The Labute approximate surface area is 263 Å². The molecule has 0 saturated heterocycles. The molecule has 5 rings (SSSR count). The van der Waals surface area contributed by atoms with Crippen molar-refractivity contribution in [3.8, 4) is 11.4 Å². The number of nitrogens with one attached hydrogen (secondary N) is 1. The summed E-state index contributed by atoms with van der Waals surface area (Å²) in [7, 11) is 0.800. The molecule has 2 atom stereocenters. The van der Waals surface area contributed by atoms with Crippen molar-refractivity contribution in [2.24, 2.45) is 4.99 Å². The number of hydrogen-bond acceptors (Lipinski definition) is 8. The largest absolute Gasteiger partial charge is 0.497 e. The number of aromatic nitrogens is 3. The van der Waals surface area contributed by atoms with Gasteiger partial charge in [0, 0.05) is 48.3 Å². The van der Waals surface area contributed by atoms with Gasteiger partial charge in [-0.2, -0.15) is 0 Å². The third kappa shape index (κ3) is 6.77. The Bertz CT molecular complexity index is 1680. The minimum Gasteiger partial charge on any atom is -0.497 e. The number of ether oxygens (including phenoxy) is 1. The zero-order valence-electron chi connectivity index (χ0n) is 25.5. The van der Waals surface area contributed by atoms with Crippen LogP contribution in [-0.4, -0.2) is 83.0 Å². The van der Waals surface area contributed by atoms with Crippen molar-refractivity contribution in [1.82, 2.24) is 25.0 Å². The maximum atomic E-state index is 13.1. The molecule has 3 N–H and O–H groups in total. The first kappa shape index (κ1) is 31.5. The van der Waals surface area contributed by atoms with Crippen LogP contribution in [0, 0.1) is 6.92 Å². The van der Waals surface area contributed by atoms with E-state index in [-0.39, 0.29) is 12.3 Å². The third-order valence-corrected chi connectivity index (χ3v) is 9.66. The normalized spacial score (nSPS) is 15.1. The van der Waals surface area contributed by atoms with Crippen molar-refractivity contribution in [2.75, 3.05) is 27.2 Å². The fourth-order valence-electron chi connectivity index (χ4n) is 5.25. The Morgan fingerprint density at radius 2 is 1.89 bits per heavy atom. The van der Waals surface area contributed by atoms with Gasteiger partial charge in [0.1, 0.15) is 23.8 Å². The zero-order chi connectivity index (χ0) is 31.6. The van der Waals surface area contributed by atoms with E-state index in [9.17, 15) is 14.7 Å². The van der Waals surface area contributed by atoms with Crippen LogP contribution in [0.1, 0.15) is 45.6 Å². The van der Waals surface area contributed by atoms with Crippen molar-refractivity contribution in [1.29, 1.82) is 0 Å². The van der Waals surface area contributed by atoms with Gasteiger partial charge in [0.15, 0.2) is 5.82 Å². The molecule has 1 aliphatic heterocycles. The van der Waals surface area contributed by atoms with Crippen LogP contribution in [0.5, 0.6) is 5.75 Å². The van der Waals surface area contributed by atoms with Crippen LogP contribution in [-0.2, 0) is 0 Å². The molecule has 4 aromatic rings. The van der Waals surface area contributed by atoms with Gasteiger partial charge in [0.2, 0.25) is 8.32 Å². The summed E-state index contributed by atoms with van der Waals surface area (Å²) >= 11 is 6.20. The van der Waals surface area contributed by atoms with Crippen molar-refractivity contribution in [3.05, 3.63) is 100 Å². The number of methoxy groups -OCH3 is 1. The molecule has 230 valence electrons. The minimum absolute atomic E-state index is 0.154. The number of halogens is 1. The average molecular weight is 633 g/mol. The zero-order valence-corrected chi connectivity index (χ0v) is 27.2. The van der Waals surface area contributed by atoms with Crippen LogP contribution >= 0.6 is 11.6 Å². The average Bonchev–Trinajstić information content (AvgIpc) is 3.33. The van der Waals surface area contributed by atoms with E-state index in [4.69, 9.17) is 21.3 Å². The second-order valence-electron chi connectivity index (χ2n) is 11.4. The molecule has 1 amide bonds. The number of amides is 1. The lowest BCUT2D eigenvalue weighted by Gasteiger charge is -2.22. The van der Waals surface area contributed by atoms with Gasteiger partial charge in [-0.1, -0.05) is 35.9 Å². The van der Waals surface area contributed by atoms with Crippen LogP contribution in [0.15, 0.2) is 71.7 Å². The molecule has 12 heteroatoms. The van der Waals surface area contributed by atoms with Gasteiger partial charge in [-0.15, -0.1) is 10.2 Å². The van der Waals surface area contributed by atoms with E-state index in [1.807, 2.05) is 73.1 Å². The van der Waals surface area contributed by atoms with Gasteiger partial charge in [0.05, 0.1) is 18.5 Å².